The van der Waals surface area contributed by atoms with Crippen molar-refractivity contribution in [2.45, 2.75) is 31.2 Å². The summed E-state index contributed by atoms with van der Waals surface area (Å²) in [6, 6.07) is 5.96. The van der Waals surface area contributed by atoms with E-state index in [0.717, 1.165) is 4.90 Å². The first-order valence-corrected chi connectivity index (χ1v) is 6.76. The molecule has 1 aromatic rings. The lowest BCUT2D eigenvalue weighted by Gasteiger charge is -2.29. The Balaban J connectivity index is 2.27. The highest BCUT2D eigenvalue weighted by Crippen LogP contribution is 2.30. The van der Waals surface area contributed by atoms with Gasteiger partial charge in [-0.3, -0.25) is 14.5 Å². The van der Waals surface area contributed by atoms with Crippen LogP contribution >= 0.6 is 11.6 Å². The number of amides is 2. The fourth-order valence-corrected chi connectivity index (χ4v) is 2.72. The molecule has 0 aliphatic carbocycles. The summed E-state index contributed by atoms with van der Waals surface area (Å²) in [6.07, 6.45) is 0.451. The maximum atomic E-state index is 12.2. The Morgan fingerprint density at radius 2 is 1.75 bits per heavy atom. The number of carbonyl (C=O) groups excluding carboxylic acids is 2. The predicted molar refractivity (Wildman–Crippen MR) is 75.9 cm³/mol. The van der Waals surface area contributed by atoms with Gasteiger partial charge in [0.2, 0.25) is 0 Å². The van der Waals surface area contributed by atoms with E-state index in [0.29, 0.717) is 17.5 Å². The Morgan fingerprint density at radius 3 is 2.15 bits per heavy atom. The minimum absolute atomic E-state index is 0.0366. The number of hydrogen-bond donors (Lipinski definition) is 0. The lowest BCUT2D eigenvalue weighted by atomic mass is 9.99. The zero-order valence-electron chi connectivity index (χ0n) is 11.3. The molecule has 0 spiro atoms. The third kappa shape index (κ3) is 2.33. The lowest BCUT2D eigenvalue weighted by Crippen LogP contribution is -2.46. The number of fused-ring (bicyclic) bond motifs is 1. The average Bonchev–Trinajstić information content (AvgIpc) is 2.65. The second-order valence-electron chi connectivity index (χ2n) is 5.05. The van der Waals surface area contributed by atoms with Crippen molar-refractivity contribution in [2.24, 2.45) is 5.18 Å². The molecule has 20 heavy (non-hydrogen) atoms. The van der Waals surface area contributed by atoms with Gasteiger partial charge in [0.1, 0.15) is 6.04 Å². The van der Waals surface area contributed by atoms with Gasteiger partial charge in [-0.1, -0.05) is 24.2 Å². The van der Waals surface area contributed by atoms with Crippen LogP contribution in [0.1, 0.15) is 41.0 Å². The molecule has 1 aliphatic rings. The molecule has 1 aromatic carbocycles. The van der Waals surface area contributed by atoms with Crippen LogP contribution in [0.25, 0.3) is 0 Å². The summed E-state index contributed by atoms with van der Waals surface area (Å²) in [7, 11) is 0. The summed E-state index contributed by atoms with van der Waals surface area (Å²) in [4.78, 5) is 35.3. The van der Waals surface area contributed by atoms with Crippen LogP contribution in [0.5, 0.6) is 0 Å². The van der Waals surface area contributed by atoms with Crippen molar-refractivity contribution in [3.63, 3.8) is 0 Å². The first-order chi connectivity index (χ1) is 9.42. The first kappa shape index (κ1) is 14.7. The van der Waals surface area contributed by atoms with Crippen molar-refractivity contribution < 1.29 is 9.59 Å². The van der Waals surface area contributed by atoms with Crippen molar-refractivity contribution in [3.8, 4) is 0 Å². The molecular formula is C14H15ClN2O3. The highest BCUT2D eigenvalue weighted by atomic mass is 35.5. The monoisotopic (exact) mass is 294 g/mol. The normalized spacial score (nSPS) is 18.6. The van der Waals surface area contributed by atoms with E-state index in [1.54, 1.807) is 38.1 Å². The quantitative estimate of drug-likeness (QED) is 0.476. The maximum absolute atomic E-state index is 12.2. The smallest absolute Gasteiger partial charge is 0.261 e. The van der Waals surface area contributed by atoms with Crippen LogP contribution in [0.2, 0.25) is 0 Å². The van der Waals surface area contributed by atoms with Crippen LogP contribution in [0, 0.1) is 4.91 Å². The van der Waals surface area contributed by atoms with Gasteiger partial charge in [0.25, 0.3) is 11.8 Å². The Hall–Kier alpha value is -1.75. The SMILES string of the molecule is CCC(N=O)C(C)(Cl)CN1C(=O)c2ccccc2C1=O. The van der Waals surface area contributed by atoms with Crippen molar-refractivity contribution in [1.29, 1.82) is 0 Å². The second kappa shape index (κ2) is 5.32. The highest BCUT2D eigenvalue weighted by Gasteiger charge is 2.42. The number of nitrogens with zero attached hydrogens (tertiary/aromatic N) is 2. The molecule has 5 nitrogen and oxygen atoms in total. The molecule has 1 heterocycles. The number of nitroso groups, excluding NO2 is 1. The molecular weight excluding hydrogens is 280 g/mol. The molecule has 1 aliphatic heterocycles. The van der Waals surface area contributed by atoms with Crippen LogP contribution in [-0.2, 0) is 0 Å². The molecule has 2 amide bonds. The molecule has 0 saturated carbocycles. The number of benzene rings is 1. The summed E-state index contributed by atoms with van der Waals surface area (Å²) in [5, 5.41) is 2.99. The van der Waals surface area contributed by atoms with Gasteiger partial charge in [-0.25, -0.2) is 0 Å². The van der Waals surface area contributed by atoms with Crippen LogP contribution < -0.4 is 0 Å². The number of rotatable bonds is 5. The van der Waals surface area contributed by atoms with E-state index in [2.05, 4.69) is 5.18 Å². The van der Waals surface area contributed by atoms with Gasteiger partial charge in [0, 0.05) is 0 Å². The van der Waals surface area contributed by atoms with E-state index >= 15 is 0 Å². The molecule has 0 bridgehead atoms. The van der Waals surface area contributed by atoms with Crippen molar-refractivity contribution in [2.75, 3.05) is 6.54 Å². The number of imide groups is 1. The van der Waals surface area contributed by atoms with Crippen LogP contribution in [0.4, 0.5) is 0 Å². The molecule has 2 atom stereocenters. The Morgan fingerprint density at radius 1 is 1.25 bits per heavy atom. The molecule has 0 N–H and O–H groups in total. The molecule has 0 fully saturated rings. The molecule has 2 rings (SSSR count). The topological polar surface area (TPSA) is 66.8 Å². The molecule has 0 radical (unpaired) electrons. The van der Waals surface area contributed by atoms with Gasteiger partial charge in [-0.05, 0) is 25.5 Å². The largest absolute Gasteiger partial charge is 0.272 e. The Bertz CT molecular complexity index is 536. The van der Waals surface area contributed by atoms with E-state index in [-0.39, 0.29) is 18.4 Å². The highest BCUT2D eigenvalue weighted by molar-refractivity contribution is 6.26. The van der Waals surface area contributed by atoms with Gasteiger partial charge in [0.15, 0.2) is 0 Å². The summed E-state index contributed by atoms with van der Waals surface area (Å²) in [5.74, 6) is -0.753. The minimum atomic E-state index is -1.07. The fourth-order valence-electron chi connectivity index (χ4n) is 2.41. The number of carbonyl (C=O) groups is 2. The predicted octanol–water partition coefficient (Wildman–Crippen LogP) is 2.83. The van der Waals surface area contributed by atoms with E-state index in [9.17, 15) is 14.5 Å². The summed E-state index contributed by atoms with van der Waals surface area (Å²) in [5.41, 5.74) is 0.745. The standard InChI is InChI=1S/C14H15ClN2O3/c1-3-11(16-20)14(2,15)8-17-12(18)9-6-4-5-7-10(9)13(17)19/h4-7,11H,3,8H2,1-2H3. The molecule has 2 unspecified atom stereocenters. The molecule has 106 valence electrons. The fraction of sp³-hybridized carbons (Fsp3) is 0.429. The third-order valence-corrected chi connectivity index (χ3v) is 3.93. The van der Waals surface area contributed by atoms with Crippen LogP contribution in [0.3, 0.4) is 0 Å². The van der Waals surface area contributed by atoms with E-state index in [1.165, 1.54) is 0 Å². The van der Waals surface area contributed by atoms with Gasteiger partial charge in [0.05, 0.1) is 22.5 Å². The lowest BCUT2D eigenvalue weighted by molar-refractivity contribution is 0.0634. The second-order valence-corrected chi connectivity index (χ2v) is 5.91. The van der Waals surface area contributed by atoms with Gasteiger partial charge in [-0.2, -0.15) is 4.91 Å². The average molecular weight is 295 g/mol. The Labute approximate surface area is 121 Å². The van der Waals surface area contributed by atoms with Crippen LogP contribution in [0.15, 0.2) is 29.4 Å². The van der Waals surface area contributed by atoms with Crippen molar-refractivity contribution in [1.82, 2.24) is 4.90 Å². The van der Waals surface area contributed by atoms with Gasteiger partial charge >= 0.3 is 0 Å². The molecule has 0 aromatic heterocycles. The summed E-state index contributed by atoms with van der Waals surface area (Å²) < 4.78 is 0. The van der Waals surface area contributed by atoms with E-state index < -0.39 is 10.9 Å². The summed E-state index contributed by atoms with van der Waals surface area (Å²) >= 11 is 6.32. The van der Waals surface area contributed by atoms with E-state index in [1.807, 2.05) is 0 Å². The van der Waals surface area contributed by atoms with Gasteiger partial charge in [-0.15, -0.1) is 11.6 Å². The van der Waals surface area contributed by atoms with Crippen molar-refractivity contribution >= 4 is 23.4 Å². The summed E-state index contributed by atoms with van der Waals surface area (Å²) in [6.45, 7) is 3.37. The Kier molecular flexibility index (Phi) is 3.90. The molecule has 0 saturated heterocycles. The first-order valence-electron chi connectivity index (χ1n) is 6.39. The zero-order chi connectivity index (χ0) is 14.9. The van der Waals surface area contributed by atoms with Crippen molar-refractivity contribution in [3.05, 3.63) is 40.3 Å². The van der Waals surface area contributed by atoms with Gasteiger partial charge < -0.3 is 0 Å². The van der Waals surface area contributed by atoms with E-state index in [4.69, 9.17) is 11.6 Å². The molecule has 6 heteroatoms. The zero-order valence-corrected chi connectivity index (χ0v) is 12.1. The number of halogens is 1. The third-order valence-electron chi connectivity index (χ3n) is 3.55. The minimum Gasteiger partial charge on any atom is -0.272 e. The number of hydrogen-bond acceptors (Lipinski definition) is 4. The number of alkyl halides is 1. The maximum Gasteiger partial charge on any atom is 0.261 e. The van der Waals surface area contributed by atoms with Crippen LogP contribution in [-0.4, -0.2) is 34.2 Å².